The van der Waals surface area contributed by atoms with E-state index in [1.807, 2.05) is 106 Å². The lowest BCUT2D eigenvalue weighted by Crippen LogP contribution is -2.35. The summed E-state index contributed by atoms with van der Waals surface area (Å²) in [6.45, 7) is 39.1. The Morgan fingerprint density at radius 1 is 0.380 bits per heavy atom. The predicted molar refractivity (Wildman–Crippen MR) is 344 cm³/mol. The minimum absolute atomic E-state index is 0.105. The van der Waals surface area contributed by atoms with Crippen molar-refractivity contribution in [1.82, 2.24) is 15.0 Å². The van der Waals surface area contributed by atoms with Crippen molar-refractivity contribution in [1.29, 1.82) is 0 Å². The van der Waals surface area contributed by atoms with E-state index < -0.39 is 0 Å². The van der Waals surface area contributed by atoms with E-state index in [1.54, 1.807) is 0 Å². The van der Waals surface area contributed by atoms with Gasteiger partial charge in [0.1, 0.15) is 0 Å². The highest BCUT2D eigenvalue weighted by Crippen LogP contribution is 2.70. The lowest BCUT2D eigenvalue weighted by atomic mass is 9.67. The summed E-state index contributed by atoms with van der Waals surface area (Å²) < 4.78 is 13.2. The van der Waals surface area contributed by atoms with Crippen LogP contribution in [0.3, 0.4) is 0 Å². The van der Waals surface area contributed by atoms with Gasteiger partial charge in [-0.1, -0.05) is 203 Å². The van der Waals surface area contributed by atoms with Crippen molar-refractivity contribution in [2.24, 2.45) is 11.8 Å². The van der Waals surface area contributed by atoms with Crippen molar-refractivity contribution in [3.8, 4) is 0 Å². The number of aromatic amines is 3. The van der Waals surface area contributed by atoms with E-state index in [0.717, 1.165) is 6.42 Å². The van der Waals surface area contributed by atoms with Gasteiger partial charge in [0.2, 0.25) is 0 Å². The molecule has 384 valence electrons. The molecule has 3 aromatic heterocycles. The highest BCUT2D eigenvalue weighted by atomic mass is 32.3. The van der Waals surface area contributed by atoms with Crippen LogP contribution < -0.4 is 0 Å². The minimum atomic E-state index is -0.358. The molecule has 3 nitrogen and oxygen atoms in total. The number of thioether (sulfide) groups is 15. The Kier molecular flexibility index (Phi) is 16.9. The van der Waals surface area contributed by atoms with Crippen molar-refractivity contribution in [2.45, 2.75) is 187 Å². The second-order valence-electron chi connectivity index (χ2n) is 21.4. The SMILES string of the molecule is CCCSC1=C(C)S/C(=C2\Sc3c4[nH]c(c3S2)C(C)(C)c2[nH]c(c3c2SC(=C2SC(SCCC)=C(SCCC)S2)S3)C(C)(C)C(C)CC(C)C(C)(C)c2[nH]c(c3c2SC(=C2SC(C)=C(C)S2)S3)C4(C)C)S1. The summed E-state index contributed by atoms with van der Waals surface area (Å²) in [5.41, 5.74) is 7.28. The summed E-state index contributed by atoms with van der Waals surface area (Å²) in [6.07, 6.45) is 4.70. The van der Waals surface area contributed by atoms with Crippen molar-refractivity contribution in [3.05, 3.63) is 87.0 Å². The largest absolute Gasteiger partial charge is 0.359 e. The van der Waals surface area contributed by atoms with Crippen LogP contribution in [0.1, 0.15) is 171 Å². The number of hydrogen-bond donors (Lipinski definition) is 3. The molecule has 18 heteroatoms. The molecule has 0 saturated carbocycles. The van der Waals surface area contributed by atoms with Crippen molar-refractivity contribution in [3.63, 3.8) is 0 Å². The first-order valence-electron chi connectivity index (χ1n) is 24.8. The van der Waals surface area contributed by atoms with Crippen molar-refractivity contribution < 1.29 is 0 Å². The molecule has 3 N–H and O–H groups in total. The van der Waals surface area contributed by atoms with Crippen LogP contribution in [0.15, 0.2) is 82.2 Å². The van der Waals surface area contributed by atoms with E-state index in [-0.39, 0.29) is 21.7 Å². The fourth-order valence-electron chi connectivity index (χ4n) is 9.59. The molecule has 0 aromatic carbocycles. The van der Waals surface area contributed by atoms with Crippen LogP contribution in [0.25, 0.3) is 0 Å². The van der Waals surface area contributed by atoms with Gasteiger partial charge in [-0.2, -0.15) is 0 Å². The van der Waals surface area contributed by atoms with E-state index >= 15 is 0 Å². The molecule has 7 aliphatic rings. The third kappa shape index (κ3) is 10.0. The third-order valence-corrected chi connectivity index (χ3v) is 37.3. The summed E-state index contributed by atoms with van der Waals surface area (Å²) in [5, 5.41) is 0. The van der Waals surface area contributed by atoms with Gasteiger partial charge in [-0.3, -0.25) is 0 Å². The van der Waals surface area contributed by atoms with Crippen molar-refractivity contribution in [2.75, 3.05) is 17.3 Å². The quantitative estimate of drug-likeness (QED) is 0.190. The zero-order valence-corrected chi connectivity index (χ0v) is 56.0. The van der Waals surface area contributed by atoms with Crippen molar-refractivity contribution >= 4 is 176 Å². The van der Waals surface area contributed by atoms with Crippen LogP contribution in [-0.4, -0.2) is 32.2 Å². The molecular formula is C53H67N3S15. The van der Waals surface area contributed by atoms with Gasteiger partial charge in [0.15, 0.2) is 0 Å². The molecule has 2 atom stereocenters. The smallest absolute Gasteiger partial charge is 0.0717 e. The number of aromatic nitrogens is 3. The summed E-state index contributed by atoms with van der Waals surface area (Å²) in [7, 11) is 0. The number of nitrogens with one attached hydrogen (secondary N) is 3. The topological polar surface area (TPSA) is 47.4 Å². The number of fused-ring (bicyclic) bond motifs is 15. The normalized spacial score (nSPS) is 25.5. The molecule has 6 bridgehead atoms. The molecule has 0 fully saturated rings. The fraction of sp³-hybridized carbons (Fsp3) is 0.547. The molecule has 10 heterocycles. The van der Waals surface area contributed by atoms with Crippen LogP contribution in [0, 0.1) is 11.8 Å². The molecule has 0 radical (unpaired) electrons. The first kappa shape index (κ1) is 55.8. The van der Waals surface area contributed by atoms with Gasteiger partial charge in [0.05, 0.1) is 38.1 Å². The van der Waals surface area contributed by atoms with Crippen LogP contribution in [0.4, 0.5) is 0 Å². The highest BCUT2D eigenvalue weighted by molar-refractivity contribution is 8.42. The van der Waals surface area contributed by atoms with Gasteiger partial charge in [-0.15, -0.1) is 35.3 Å². The average molecular weight is 1230 g/mol. The number of hydrogen-bond acceptors (Lipinski definition) is 15. The molecule has 0 amide bonds. The Bertz CT molecular complexity index is 2850. The van der Waals surface area contributed by atoms with E-state index in [0.29, 0.717) is 11.8 Å². The standard InChI is InChI=1S/C53H67N3S15/c1-17-20-57-41-28(8)62-45(69-41)47-66-33-34(67-47)40-53(15,16)38-32-30(64-48(68-32)49-70-42(58-21-18-2)43(71-49)59-22-19-3)36(55-38)51(11,12)25(5)23-24(4)50(9,10)35-29-31(37(54-35)52(13,14)39(33)56-40)65-46(63-29)44-60-26(6)27(7)61-44/h24-25,54-56H,17-23H2,1-16H3/b47-45-. The number of rotatable bonds is 9. The maximum Gasteiger partial charge on any atom is 0.0717 e. The Hall–Kier alpha value is 1.53. The molecule has 71 heavy (non-hydrogen) atoms. The Morgan fingerprint density at radius 2 is 0.648 bits per heavy atom. The maximum atomic E-state index is 4.38. The molecule has 0 spiro atoms. The molecule has 0 aliphatic carbocycles. The first-order chi connectivity index (χ1) is 33.6. The van der Waals surface area contributed by atoms with E-state index in [4.69, 9.17) is 0 Å². The second-order valence-corrected chi connectivity index (χ2v) is 39.9. The summed E-state index contributed by atoms with van der Waals surface area (Å²) in [5.74, 6) is 4.35. The average Bonchev–Trinajstić information content (AvgIpc) is 4.16. The second kappa shape index (κ2) is 21.5. The zero-order chi connectivity index (χ0) is 50.7. The van der Waals surface area contributed by atoms with E-state index in [2.05, 4.69) is 196 Å². The molecule has 7 aliphatic heterocycles. The highest BCUT2D eigenvalue weighted by Gasteiger charge is 2.50. The van der Waals surface area contributed by atoms with Gasteiger partial charge < -0.3 is 15.0 Å². The van der Waals surface area contributed by atoms with Gasteiger partial charge in [-0.25, -0.2) is 0 Å². The Balaban J connectivity index is 1.15. The number of allylic oxidation sites excluding steroid dienone is 3. The summed E-state index contributed by atoms with van der Waals surface area (Å²) in [4.78, 5) is 26.0. The summed E-state index contributed by atoms with van der Waals surface area (Å²) >= 11 is 30.5. The van der Waals surface area contributed by atoms with Crippen LogP contribution in [-0.2, 0) is 21.7 Å². The van der Waals surface area contributed by atoms with Gasteiger partial charge in [-0.05, 0) is 113 Å². The lowest BCUT2D eigenvalue weighted by molar-refractivity contribution is 0.216. The van der Waals surface area contributed by atoms with Gasteiger partial charge in [0.25, 0.3) is 0 Å². The first-order valence-corrected chi connectivity index (χ1v) is 37.6. The van der Waals surface area contributed by atoms with Crippen LogP contribution in [0.2, 0.25) is 0 Å². The maximum absolute atomic E-state index is 4.38. The van der Waals surface area contributed by atoms with E-state index in [1.165, 1.54) is 153 Å². The fourth-order valence-corrected chi connectivity index (χ4v) is 31.8. The van der Waals surface area contributed by atoms with Crippen LogP contribution >= 0.6 is 176 Å². The van der Waals surface area contributed by atoms with Crippen LogP contribution in [0.5, 0.6) is 0 Å². The monoisotopic (exact) mass is 1230 g/mol. The Morgan fingerprint density at radius 3 is 1.01 bits per heavy atom. The minimum Gasteiger partial charge on any atom is -0.359 e. The molecular weight excluding hydrogens is 1160 g/mol. The lowest BCUT2D eigenvalue weighted by Gasteiger charge is -2.39. The van der Waals surface area contributed by atoms with Gasteiger partial charge >= 0.3 is 0 Å². The predicted octanol–water partition coefficient (Wildman–Crippen LogP) is 23.0. The van der Waals surface area contributed by atoms with Gasteiger partial charge in [0, 0.05) is 90.1 Å². The molecule has 0 saturated heterocycles. The molecule has 10 rings (SSSR count). The zero-order valence-electron chi connectivity index (χ0n) is 43.7. The van der Waals surface area contributed by atoms with E-state index in [9.17, 15) is 0 Å². The summed E-state index contributed by atoms with van der Waals surface area (Å²) in [6, 6.07) is 0. The number of H-pyrrole nitrogens is 3. The third-order valence-electron chi connectivity index (χ3n) is 14.9. The molecule has 2 unspecified atom stereocenters. The Labute approximate surface area is 489 Å². The molecule has 3 aromatic rings.